The lowest BCUT2D eigenvalue weighted by Crippen LogP contribution is -2.18. The Morgan fingerprint density at radius 2 is 1.42 bits per heavy atom. The molecule has 3 aromatic rings. The maximum absolute atomic E-state index is 4.64. The third-order valence-corrected chi connectivity index (χ3v) is 4.93. The topological polar surface area (TPSA) is 12.9 Å². The summed E-state index contributed by atoms with van der Waals surface area (Å²) in [5.41, 5.74) is 6.45. The summed E-state index contributed by atoms with van der Waals surface area (Å²) < 4.78 is 0. The van der Waals surface area contributed by atoms with Crippen LogP contribution in [0.5, 0.6) is 0 Å². The molecule has 0 saturated heterocycles. The zero-order valence-corrected chi connectivity index (χ0v) is 16.6. The van der Waals surface area contributed by atoms with Gasteiger partial charge >= 0.3 is 0 Å². The molecule has 0 fully saturated rings. The van der Waals surface area contributed by atoms with Gasteiger partial charge in [0.1, 0.15) is 0 Å². The highest BCUT2D eigenvalue weighted by Gasteiger charge is 2.23. The molecule has 0 aliphatic carbocycles. The van der Waals surface area contributed by atoms with Gasteiger partial charge < -0.3 is 0 Å². The van der Waals surface area contributed by atoms with E-state index in [9.17, 15) is 0 Å². The summed E-state index contributed by atoms with van der Waals surface area (Å²) in [6, 6.07) is 23.9. The molecular weight excluding hydrogens is 314 g/mol. The van der Waals surface area contributed by atoms with Gasteiger partial charge in [0.2, 0.25) is 0 Å². The molecule has 0 radical (unpaired) electrons. The minimum absolute atomic E-state index is 0.0414. The zero-order valence-electron chi connectivity index (χ0n) is 16.6. The van der Waals surface area contributed by atoms with Gasteiger partial charge in [-0.1, -0.05) is 83.1 Å². The molecule has 0 N–H and O–H groups in total. The second kappa shape index (κ2) is 7.07. The first-order chi connectivity index (χ1) is 12.3. The first-order valence-corrected chi connectivity index (χ1v) is 9.37. The smallest absolute Gasteiger partial charge is 0.0704 e. The molecule has 1 heteroatoms. The number of nitrogens with zero attached hydrogens (tertiary/aromatic N) is 1. The van der Waals surface area contributed by atoms with E-state index < -0.39 is 0 Å². The van der Waals surface area contributed by atoms with Gasteiger partial charge in [-0.2, -0.15) is 0 Å². The van der Waals surface area contributed by atoms with Crippen LogP contribution in [0.4, 0.5) is 0 Å². The second-order valence-corrected chi connectivity index (χ2v) is 8.86. The van der Waals surface area contributed by atoms with E-state index in [-0.39, 0.29) is 10.8 Å². The van der Waals surface area contributed by atoms with Gasteiger partial charge in [0.25, 0.3) is 0 Å². The fraction of sp³-hybridized carbons (Fsp3) is 0.320. The molecule has 134 valence electrons. The van der Waals surface area contributed by atoms with Crippen molar-refractivity contribution in [1.82, 2.24) is 4.98 Å². The first kappa shape index (κ1) is 18.4. The summed E-state index contributed by atoms with van der Waals surface area (Å²) in [6.07, 6.45) is 2.99. The maximum atomic E-state index is 4.64. The van der Waals surface area contributed by atoms with Crippen molar-refractivity contribution in [2.24, 2.45) is 5.41 Å². The van der Waals surface area contributed by atoms with E-state index in [2.05, 4.69) is 106 Å². The highest BCUT2D eigenvalue weighted by atomic mass is 14.7. The van der Waals surface area contributed by atoms with Crippen molar-refractivity contribution in [3.8, 4) is 11.3 Å². The van der Waals surface area contributed by atoms with Crippen molar-refractivity contribution in [3.05, 3.63) is 89.6 Å². The van der Waals surface area contributed by atoms with Gasteiger partial charge in [0, 0.05) is 17.2 Å². The molecule has 0 bridgehead atoms. The summed E-state index contributed by atoms with van der Waals surface area (Å²) >= 11 is 0. The van der Waals surface area contributed by atoms with E-state index in [1.165, 1.54) is 22.3 Å². The quantitative estimate of drug-likeness (QED) is 0.516. The molecule has 0 atom stereocenters. The van der Waals surface area contributed by atoms with Crippen LogP contribution in [0.1, 0.15) is 51.3 Å². The fourth-order valence-corrected chi connectivity index (χ4v) is 3.44. The van der Waals surface area contributed by atoms with E-state index in [1.54, 1.807) is 0 Å². The highest BCUT2D eigenvalue weighted by molar-refractivity contribution is 5.62. The largest absolute Gasteiger partial charge is 0.256 e. The van der Waals surface area contributed by atoms with E-state index in [1.807, 2.05) is 6.20 Å². The van der Waals surface area contributed by atoms with Gasteiger partial charge in [0.05, 0.1) is 5.69 Å². The number of hydrogen-bond acceptors (Lipinski definition) is 1. The average molecular weight is 344 g/mol. The van der Waals surface area contributed by atoms with Gasteiger partial charge in [-0.15, -0.1) is 0 Å². The number of hydrogen-bond donors (Lipinski definition) is 0. The first-order valence-electron chi connectivity index (χ1n) is 9.37. The zero-order chi connectivity index (χ0) is 18.8. The molecule has 0 unspecified atom stereocenters. The highest BCUT2D eigenvalue weighted by Crippen LogP contribution is 2.33. The van der Waals surface area contributed by atoms with E-state index >= 15 is 0 Å². The van der Waals surface area contributed by atoms with Crippen LogP contribution >= 0.6 is 0 Å². The predicted molar refractivity (Wildman–Crippen MR) is 111 cm³/mol. The van der Waals surface area contributed by atoms with Crippen LogP contribution < -0.4 is 0 Å². The average Bonchev–Trinajstić information content (AvgIpc) is 2.61. The molecule has 1 heterocycles. The molecule has 0 saturated carbocycles. The van der Waals surface area contributed by atoms with Crippen molar-refractivity contribution < 1.29 is 0 Å². The Morgan fingerprint density at radius 3 is 2.12 bits per heavy atom. The predicted octanol–water partition coefficient (Wildman–Crippen LogP) is 6.66. The number of pyridine rings is 1. The lowest BCUT2D eigenvalue weighted by atomic mass is 9.77. The van der Waals surface area contributed by atoms with Crippen LogP contribution in [0, 0.1) is 5.41 Å². The molecule has 1 nitrogen and oxygen atoms in total. The Morgan fingerprint density at radius 1 is 0.731 bits per heavy atom. The molecule has 0 amide bonds. The van der Waals surface area contributed by atoms with Crippen molar-refractivity contribution in [3.63, 3.8) is 0 Å². The number of benzene rings is 2. The normalized spacial score (nSPS) is 12.2. The Hall–Kier alpha value is -2.41. The van der Waals surface area contributed by atoms with E-state index in [0.717, 1.165) is 12.1 Å². The summed E-state index contributed by atoms with van der Waals surface area (Å²) in [5.74, 6) is 0. The molecule has 0 aliphatic rings. The maximum Gasteiger partial charge on any atom is 0.0704 e. The third-order valence-electron chi connectivity index (χ3n) is 4.93. The van der Waals surface area contributed by atoms with Gasteiger partial charge in [-0.05, 0) is 46.7 Å². The molecule has 1 aromatic heterocycles. The Labute approximate surface area is 158 Å². The summed E-state index contributed by atoms with van der Waals surface area (Å²) in [7, 11) is 0. The second-order valence-electron chi connectivity index (χ2n) is 8.86. The van der Waals surface area contributed by atoms with Crippen molar-refractivity contribution in [2.75, 3.05) is 0 Å². The summed E-state index contributed by atoms with van der Waals surface area (Å²) in [5, 5.41) is 0. The minimum Gasteiger partial charge on any atom is -0.256 e. The van der Waals surface area contributed by atoms with Crippen LogP contribution in [-0.2, 0) is 11.8 Å². The molecular formula is C25H29N. The van der Waals surface area contributed by atoms with E-state index in [4.69, 9.17) is 0 Å². The summed E-state index contributed by atoms with van der Waals surface area (Å²) in [4.78, 5) is 4.64. The monoisotopic (exact) mass is 343 g/mol. The fourth-order valence-electron chi connectivity index (χ4n) is 3.44. The van der Waals surface area contributed by atoms with Crippen molar-refractivity contribution in [2.45, 2.75) is 46.5 Å². The molecule has 2 aromatic carbocycles. The standard InChI is InChI=1S/C25H29N/c1-24(2,3)18-19-14-15-26-23(16-19)20-10-9-13-22(17-20)25(4,5)21-11-7-6-8-12-21/h6-17H,18H2,1-5H3. The Balaban J connectivity index is 1.97. The van der Waals surface area contributed by atoms with Gasteiger partial charge in [-0.3, -0.25) is 4.98 Å². The van der Waals surface area contributed by atoms with E-state index in [0.29, 0.717) is 0 Å². The van der Waals surface area contributed by atoms with Crippen LogP contribution in [0.25, 0.3) is 11.3 Å². The Bertz CT molecular complexity index is 870. The molecule has 0 spiro atoms. The SMILES string of the molecule is CC(C)(C)Cc1ccnc(-c2cccc(C(C)(C)c3ccccc3)c2)c1. The lowest BCUT2D eigenvalue weighted by Gasteiger charge is -2.26. The van der Waals surface area contributed by atoms with Crippen LogP contribution in [-0.4, -0.2) is 4.98 Å². The van der Waals surface area contributed by atoms with Crippen LogP contribution in [0.15, 0.2) is 72.9 Å². The van der Waals surface area contributed by atoms with Gasteiger partial charge in [-0.25, -0.2) is 0 Å². The Kier molecular flexibility index (Phi) is 5.00. The van der Waals surface area contributed by atoms with Gasteiger partial charge in [0.15, 0.2) is 0 Å². The summed E-state index contributed by atoms with van der Waals surface area (Å²) in [6.45, 7) is 11.4. The minimum atomic E-state index is -0.0414. The van der Waals surface area contributed by atoms with Crippen molar-refractivity contribution >= 4 is 0 Å². The van der Waals surface area contributed by atoms with Crippen LogP contribution in [0.2, 0.25) is 0 Å². The number of aromatic nitrogens is 1. The third kappa shape index (κ3) is 4.22. The molecule has 0 aliphatic heterocycles. The number of rotatable bonds is 4. The van der Waals surface area contributed by atoms with Crippen LogP contribution in [0.3, 0.4) is 0 Å². The molecule has 26 heavy (non-hydrogen) atoms. The molecule has 3 rings (SSSR count). The van der Waals surface area contributed by atoms with Crippen molar-refractivity contribution in [1.29, 1.82) is 0 Å². The lowest BCUT2D eigenvalue weighted by molar-refractivity contribution is 0.411.